The van der Waals surface area contributed by atoms with Crippen molar-refractivity contribution in [3.63, 3.8) is 0 Å². The molecular formula is C17H24N2O. The van der Waals surface area contributed by atoms with Crippen molar-refractivity contribution in [1.82, 2.24) is 10.2 Å². The van der Waals surface area contributed by atoms with Crippen molar-refractivity contribution in [2.45, 2.75) is 58.3 Å². The number of aryl methyl sites for hydroxylation is 1. The number of hydrogen-bond donors (Lipinski definition) is 1. The molecule has 0 bridgehead atoms. The molecule has 2 unspecified atom stereocenters. The highest BCUT2D eigenvalue weighted by Crippen LogP contribution is 2.38. The van der Waals surface area contributed by atoms with Gasteiger partial charge in [0.15, 0.2) is 0 Å². The second kappa shape index (κ2) is 5.21. The lowest BCUT2D eigenvalue weighted by Gasteiger charge is -2.42. The maximum absolute atomic E-state index is 12.6. The Kier molecular flexibility index (Phi) is 3.55. The molecule has 20 heavy (non-hydrogen) atoms. The average molecular weight is 272 g/mol. The van der Waals surface area contributed by atoms with E-state index in [0.29, 0.717) is 6.04 Å². The van der Waals surface area contributed by atoms with Crippen LogP contribution in [0.5, 0.6) is 0 Å². The Morgan fingerprint density at radius 2 is 1.90 bits per heavy atom. The molecule has 2 atom stereocenters. The highest BCUT2D eigenvalue weighted by molar-refractivity contribution is 5.85. The van der Waals surface area contributed by atoms with Crippen molar-refractivity contribution in [3.05, 3.63) is 35.4 Å². The van der Waals surface area contributed by atoms with Crippen LogP contribution in [0.15, 0.2) is 24.3 Å². The van der Waals surface area contributed by atoms with E-state index in [4.69, 9.17) is 0 Å². The van der Waals surface area contributed by atoms with Crippen molar-refractivity contribution in [1.29, 1.82) is 0 Å². The summed E-state index contributed by atoms with van der Waals surface area (Å²) in [7, 11) is 0. The summed E-state index contributed by atoms with van der Waals surface area (Å²) in [5.41, 5.74) is 2.47. The fraction of sp³-hybridized carbons (Fsp3) is 0.588. The molecule has 1 aromatic carbocycles. The van der Waals surface area contributed by atoms with Crippen LogP contribution >= 0.6 is 0 Å². The van der Waals surface area contributed by atoms with Crippen LogP contribution in [0.25, 0.3) is 0 Å². The number of rotatable bonds is 3. The lowest BCUT2D eigenvalue weighted by molar-refractivity contribution is -0.135. The van der Waals surface area contributed by atoms with Crippen LogP contribution in [0.1, 0.15) is 50.4 Å². The smallest absolute Gasteiger partial charge is 0.241 e. The van der Waals surface area contributed by atoms with Gasteiger partial charge < -0.3 is 4.90 Å². The number of nitrogens with zero attached hydrogens (tertiary/aromatic N) is 1. The van der Waals surface area contributed by atoms with Gasteiger partial charge in [0, 0.05) is 6.04 Å². The summed E-state index contributed by atoms with van der Waals surface area (Å²) in [6.45, 7) is 6.44. The van der Waals surface area contributed by atoms with Crippen molar-refractivity contribution in [2.75, 3.05) is 0 Å². The number of benzene rings is 1. The lowest BCUT2D eigenvalue weighted by atomic mass is 9.80. The molecule has 2 aliphatic rings. The largest absolute Gasteiger partial charge is 0.319 e. The molecule has 2 fully saturated rings. The van der Waals surface area contributed by atoms with Gasteiger partial charge >= 0.3 is 0 Å². The first-order valence-corrected chi connectivity index (χ1v) is 7.75. The SMILES string of the molecule is CCC1NC(c2ccc(C)cc2)N(C2CC(C)C2)C1=O. The molecule has 1 saturated carbocycles. The molecule has 0 aromatic heterocycles. The Labute approximate surface area is 121 Å². The average Bonchev–Trinajstić information content (AvgIpc) is 2.73. The number of carbonyl (C=O) groups excluding carboxylic acids is 1. The Bertz CT molecular complexity index is 490. The normalized spacial score (nSPS) is 33.4. The molecule has 3 heteroatoms. The highest BCUT2D eigenvalue weighted by atomic mass is 16.2. The third kappa shape index (κ3) is 2.24. The van der Waals surface area contributed by atoms with E-state index in [1.54, 1.807) is 0 Å². The number of amides is 1. The summed E-state index contributed by atoms with van der Waals surface area (Å²) in [5, 5.41) is 3.52. The van der Waals surface area contributed by atoms with Crippen LogP contribution in [0.2, 0.25) is 0 Å². The van der Waals surface area contributed by atoms with Gasteiger partial charge in [0.05, 0.1) is 6.04 Å². The first-order chi connectivity index (χ1) is 9.60. The Balaban J connectivity index is 1.86. The first-order valence-electron chi connectivity index (χ1n) is 7.75. The summed E-state index contributed by atoms with van der Waals surface area (Å²) in [4.78, 5) is 14.7. The van der Waals surface area contributed by atoms with Gasteiger partial charge in [0.25, 0.3) is 0 Å². The summed E-state index contributed by atoms with van der Waals surface area (Å²) in [5.74, 6) is 1.04. The summed E-state index contributed by atoms with van der Waals surface area (Å²) < 4.78 is 0. The topological polar surface area (TPSA) is 32.3 Å². The molecular weight excluding hydrogens is 248 g/mol. The predicted octanol–water partition coefficient (Wildman–Crippen LogP) is 3.00. The van der Waals surface area contributed by atoms with E-state index in [9.17, 15) is 4.79 Å². The van der Waals surface area contributed by atoms with Gasteiger partial charge in [-0.3, -0.25) is 10.1 Å². The predicted molar refractivity (Wildman–Crippen MR) is 80.2 cm³/mol. The van der Waals surface area contributed by atoms with Gasteiger partial charge in [-0.25, -0.2) is 0 Å². The quantitative estimate of drug-likeness (QED) is 0.917. The first kappa shape index (κ1) is 13.6. The van der Waals surface area contributed by atoms with E-state index in [-0.39, 0.29) is 18.1 Å². The number of nitrogens with one attached hydrogen (secondary N) is 1. The van der Waals surface area contributed by atoms with Gasteiger partial charge in [-0.2, -0.15) is 0 Å². The molecule has 1 saturated heterocycles. The molecule has 1 aromatic rings. The van der Waals surface area contributed by atoms with Crippen molar-refractivity contribution < 1.29 is 4.79 Å². The Morgan fingerprint density at radius 3 is 2.45 bits per heavy atom. The van der Waals surface area contributed by atoms with E-state index in [0.717, 1.165) is 25.2 Å². The van der Waals surface area contributed by atoms with Crippen LogP contribution in [0.4, 0.5) is 0 Å². The molecule has 1 amide bonds. The molecule has 0 spiro atoms. The fourth-order valence-electron chi connectivity index (χ4n) is 3.43. The third-order valence-corrected chi connectivity index (χ3v) is 4.73. The van der Waals surface area contributed by atoms with E-state index < -0.39 is 0 Å². The molecule has 1 N–H and O–H groups in total. The number of carbonyl (C=O) groups is 1. The molecule has 3 rings (SSSR count). The van der Waals surface area contributed by atoms with Gasteiger partial charge in [-0.15, -0.1) is 0 Å². The van der Waals surface area contributed by atoms with E-state index in [2.05, 4.69) is 55.3 Å². The zero-order chi connectivity index (χ0) is 14.3. The molecule has 1 heterocycles. The second-order valence-corrected chi connectivity index (χ2v) is 6.42. The van der Waals surface area contributed by atoms with Crippen molar-refractivity contribution in [3.8, 4) is 0 Å². The van der Waals surface area contributed by atoms with Gasteiger partial charge in [-0.1, -0.05) is 43.7 Å². The van der Waals surface area contributed by atoms with Crippen molar-refractivity contribution in [2.24, 2.45) is 5.92 Å². The van der Waals surface area contributed by atoms with Crippen LogP contribution in [-0.4, -0.2) is 22.9 Å². The maximum atomic E-state index is 12.6. The van der Waals surface area contributed by atoms with Crippen molar-refractivity contribution >= 4 is 5.91 Å². The molecule has 1 aliphatic carbocycles. The Morgan fingerprint density at radius 1 is 1.25 bits per heavy atom. The second-order valence-electron chi connectivity index (χ2n) is 6.42. The Hall–Kier alpha value is -1.35. The van der Waals surface area contributed by atoms with E-state index >= 15 is 0 Å². The molecule has 0 radical (unpaired) electrons. The standard InChI is InChI=1S/C17H24N2O/c1-4-15-17(20)19(14-9-12(3)10-14)16(18-15)13-7-5-11(2)6-8-13/h5-8,12,14-16,18H,4,9-10H2,1-3H3. The molecule has 3 nitrogen and oxygen atoms in total. The van der Waals surface area contributed by atoms with Gasteiger partial charge in [0.2, 0.25) is 5.91 Å². The minimum atomic E-state index is -0.0165. The zero-order valence-electron chi connectivity index (χ0n) is 12.6. The van der Waals surface area contributed by atoms with E-state index in [1.807, 2.05) is 0 Å². The summed E-state index contributed by atoms with van der Waals surface area (Å²) in [6.07, 6.45) is 3.21. The summed E-state index contributed by atoms with van der Waals surface area (Å²) >= 11 is 0. The van der Waals surface area contributed by atoms with Crippen LogP contribution in [-0.2, 0) is 4.79 Å². The van der Waals surface area contributed by atoms with Gasteiger partial charge in [-0.05, 0) is 37.7 Å². The minimum Gasteiger partial charge on any atom is -0.319 e. The van der Waals surface area contributed by atoms with E-state index in [1.165, 1.54) is 11.1 Å². The van der Waals surface area contributed by atoms with Crippen LogP contribution in [0.3, 0.4) is 0 Å². The highest BCUT2D eigenvalue weighted by Gasteiger charge is 2.45. The number of hydrogen-bond acceptors (Lipinski definition) is 2. The lowest BCUT2D eigenvalue weighted by Crippen LogP contribution is -2.47. The minimum absolute atomic E-state index is 0.0165. The summed E-state index contributed by atoms with van der Waals surface area (Å²) in [6, 6.07) is 8.95. The van der Waals surface area contributed by atoms with Gasteiger partial charge in [0.1, 0.15) is 6.17 Å². The zero-order valence-corrected chi connectivity index (χ0v) is 12.6. The molecule has 108 valence electrons. The fourth-order valence-corrected chi connectivity index (χ4v) is 3.43. The monoisotopic (exact) mass is 272 g/mol. The van der Waals surface area contributed by atoms with Crippen LogP contribution < -0.4 is 5.32 Å². The molecule has 1 aliphatic heterocycles. The van der Waals surface area contributed by atoms with Crippen LogP contribution in [0, 0.1) is 12.8 Å². The maximum Gasteiger partial charge on any atom is 0.241 e. The third-order valence-electron chi connectivity index (χ3n) is 4.73.